The van der Waals surface area contributed by atoms with Crippen LogP contribution in [-0.2, 0) is 0 Å². The van der Waals surface area contributed by atoms with Crippen LogP contribution in [0.5, 0.6) is 0 Å². The molecule has 7 heteroatoms. The van der Waals surface area contributed by atoms with Crippen molar-refractivity contribution in [2.75, 3.05) is 0 Å². The molecule has 0 bridgehead atoms. The van der Waals surface area contributed by atoms with Gasteiger partial charge in [0.2, 0.25) is 0 Å². The number of aromatic amines is 2. The van der Waals surface area contributed by atoms with Gasteiger partial charge in [0.05, 0.1) is 16.2 Å². The fourth-order valence-corrected chi connectivity index (χ4v) is 2.03. The van der Waals surface area contributed by atoms with Crippen LogP contribution in [0.3, 0.4) is 0 Å². The Morgan fingerprint density at radius 2 is 2.06 bits per heavy atom. The van der Waals surface area contributed by atoms with E-state index in [0.29, 0.717) is 21.1 Å². The van der Waals surface area contributed by atoms with Gasteiger partial charge in [-0.15, -0.1) is 5.10 Å². The zero-order valence-corrected chi connectivity index (χ0v) is 10.5. The molecule has 0 unspecified atom stereocenters. The summed E-state index contributed by atoms with van der Waals surface area (Å²) in [5.74, 6) is 0. The van der Waals surface area contributed by atoms with Gasteiger partial charge in [-0.25, -0.2) is 9.55 Å². The molecule has 3 aromatic rings. The molecule has 0 saturated carbocycles. The predicted octanol–water partition coefficient (Wildman–Crippen LogP) is 1.83. The number of hydrogen-bond acceptors (Lipinski definition) is 2. The first-order valence-corrected chi connectivity index (χ1v) is 5.84. The number of benzene rings is 1. The normalized spacial score (nSPS) is 11.0. The van der Waals surface area contributed by atoms with Crippen molar-refractivity contribution < 1.29 is 4.57 Å². The Morgan fingerprint density at radius 3 is 2.83 bits per heavy atom. The summed E-state index contributed by atoms with van der Waals surface area (Å²) >= 11 is 11.8. The Hall–Kier alpha value is -1.85. The van der Waals surface area contributed by atoms with E-state index in [1.165, 1.54) is 6.20 Å². The molecule has 0 fully saturated rings. The summed E-state index contributed by atoms with van der Waals surface area (Å²) in [7, 11) is 0. The van der Waals surface area contributed by atoms with Crippen molar-refractivity contribution in [2.24, 2.45) is 0 Å². The molecule has 5 nitrogen and oxygen atoms in total. The molecule has 90 valence electrons. The highest BCUT2D eigenvalue weighted by Crippen LogP contribution is 2.22. The van der Waals surface area contributed by atoms with Crippen LogP contribution in [0.4, 0.5) is 0 Å². The SMILES string of the molecule is O=c1[nH]c[n+](-c2ccc(Cl)c(Cl)c2)c2[nH]ncc12. The number of halogens is 2. The molecule has 2 N–H and O–H groups in total. The van der Waals surface area contributed by atoms with E-state index in [-0.39, 0.29) is 5.56 Å². The van der Waals surface area contributed by atoms with Crippen LogP contribution < -0.4 is 10.1 Å². The summed E-state index contributed by atoms with van der Waals surface area (Å²) in [5, 5.41) is 8.04. The Kier molecular flexibility index (Phi) is 2.57. The summed E-state index contributed by atoms with van der Waals surface area (Å²) in [6.07, 6.45) is 3.02. The molecular weight excluding hydrogens is 275 g/mol. The predicted molar refractivity (Wildman–Crippen MR) is 68.3 cm³/mol. The van der Waals surface area contributed by atoms with Gasteiger partial charge in [0.15, 0.2) is 11.7 Å². The lowest BCUT2D eigenvalue weighted by atomic mass is 10.3. The van der Waals surface area contributed by atoms with Gasteiger partial charge in [-0.1, -0.05) is 23.2 Å². The summed E-state index contributed by atoms with van der Waals surface area (Å²) in [4.78, 5) is 14.2. The van der Waals surface area contributed by atoms with Crippen LogP contribution in [0.15, 0.2) is 35.5 Å². The zero-order valence-electron chi connectivity index (χ0n) is 8.95. The Labute approximate surface area is 111 Å². The summed E-state index contributed by atoms with van der Waals surface area (Å²) in [6, 6.07) is 5.20. The summed E-state index contributed by atoms with van der Waals surface area (Å²) < 4.78 is 1.74. The summed E-state index contributed by atoms with van der Waals surface area (Å²) in [6.45, 7) is 0. The maximum Gasteiger partial charge on any atom is 0.319 e. The first-order chi connectivity index (χ1) is 8.66. The third-order valence-corrected chi connectivity index (χ3v) is 3.35. The van der Waals surface area contributed by atoms with E-state index in [9.17, 15) is 4.79 Å². The van der Waals surface area contributed by atoms with E-state index < -0.39 is 0 Å². The fraction of sp³-hybridized carbons (Fsp3) is 0. The van der Waals surface area contributed by atoms with Gasteiger partial charge < -0.3 is 0 Å². The third kappa shape index (κ3) is 1.68. The van der Waals surface area contributed by atoms with E-state index in [1.807, 2.05) is 0 Å². The number of hydrogen-bond donors (Lipinski definition) is 2. The third-order valence-electron chi connectivity index (χ3n) is 2.61. The molecule has 2 aromatic heterocycles. The van der Waals surface area contributed by atoms with E-state index >= 15 is 0 Å². The Morgan fingerprint density at radius 1 is 1.22 bits per heavy atom. The molecule has 2 heterocycles. The molecule has 0 amide bonds. The zero-order chi connectivity index (χ0) is 12.7. The number of H-pyrrole nitrogens is 2. The van der Waals surface area contributed by atoms with E-state index in [1.54, 1.807) is 29.1 Å². The molecule has 1 aromatic carbocycles. The number of fused-ring (bicyclic) bond motifs is 1. The van der Waals surface area contributed by atoms with Crippen LogP contribution in [0, 0.1) is 0 Å². The molecule has 0 aliphatic rings. The largest absolute Gasteiger partial charge is 0.319 e. The van der Waals surface area contributed by atoms with E-state index in [4.69, 9.17) is 23.2 Å². The van der Waals surface area contributed by atoms with Gasteiger partial charge in [0, 0.05) is 0 Å². The fourth-order valence-electron chi connectivity index (χ4n) is 1.73. The highest BCUT2D eigenvalue weighted by atomic mass is 35.5. The van der Waals surface area contributed by atoms with Gasteiger partial charge in [-0.3, -0.25) is 4.79 Å². The quantitative estimate of drug-likeness (QED) is 0.669. The van der Waals surface area contributed by atoms with Crippen LogP contribution >= 0.6 is 23.2 Å². The molecular formula is C11H7Cl2N4O+. The van der Waals surface area contributed by atoms with Crippen molar-refractivity contribution in [1.82, 2.24) is 15.2 Å². The molecule has 0 radical (unpaired) electrons. The molecule has 18 heavy (non-hydrogen) atoms. The molecule has 0 aliphatic heterocycles. The highest BCUT2D eigenvalue weighted by Gasteiger charge is 2.14. The van der Waals surface area contributed by atoms with Crippen molar-refractivity contribution in [3.8, 4) is 5.69 Å². The molecule has 3 rings (SSSR count). The molecule has 0 aliphatic carbocycles. The lowest BCUT2D eigenvalue weighted by Gasteiger charge is -2.02. The van der Waals surface area contributed by atoms with Crippen LogP contribution in [0.1, 0.15) is 0 Å². The Balaban J connectivity index is 2.31. The van der Waals surface area contributed by atoms with Crippen molar-refractivity contribution >= 4 is 34.2 Å². The monoisotopic (exact) mass is 281 g/mol. The number of aromatic nitrogens is 4. The standard InChI is InChI=1S/C11H6Cl2N4O/c12-8-2-1-6(3-9(8)13)17-5-14-11(18)7-4-15-16-10(7)17/h1-5H,(H,15,16,18)/p+1. The number of rotatable bonds is 1. The van der Waals surface area contributed by atoms with Crippen molar-refractivity contribution in [1.29, 1.82) is 0 Å². The first kappa shape index (κ1) is 11.3. The highest BCUT2D eigenvalue weighted by molar-refractivity contribution is 6.42. The second kappa shape index (κ2) is 4.12. The lowest BCUT2D eigenvalue weighted by molar-refractivity contribution is -0.573. The topological polar surface area (TPSA) is 65.4 Å². The number of nitrogens with one attached hydrogen (secondary N) is 2. The molecule has 0 atom stereocenters. The van der Waals surface area contributed by atoms with Gasteiger partial charge in [-0.2, -0.15) is 5.10 Å². The minimum atomic E-state index is -0.199. The second-order valence-electron chi connectivity index (χ2n) is 3.70. The van der Waals surface area contributed by atoms with Gasteiger partial charge in [-0.05, 0) is 18.2 Å². The van der Waals surface area contributed by atoms with Gasteiger partial charge >= 0.3 is 5.56 Å². The van der Waals surface area contributed by atoms with Crippen LogP contribution in [-0.4, -0.2) is 15.2 Å². The molecule has 0 spiro atoms. The van der Waals surface area contributed by atoms with E-state index in [2.05, 4.69) is 15.2 Å². The van der Waals surface area contributed by atoms with Crippen molar-refractivity contribution in [3.63, 3.8) is 0 Å². The maximum atomic E-state index is 11.6. The minimum Gasteiger partial charge on any atom is -0.250 e. The second-order valence-corrected chi connectivity index (χ2v) is 4.52. The van der Waals surface area contributed by atoms with Crippen molar-refractivity contribution in [3.05, 3.63) is 51.1 Å². The smallest absolute Gasteiger partial charge is 0.250 e. The maximum absolute atomic E-state index is 11.6. The van der Waals surface area contributed by atoms with Crippen LogP contribution in [0.2, 0.25) is 10.0 Å². The average molecular weight is 282 g/mol. The van der Waals surface area contributed by atoms with E-state index in [0.717, 1.165) is 5.69 Å². The average Bonchev–Trinajstić information content (AvgIpc) is 2.83. The lowest BCUT2D eigenvalue weighted by Crippen LogP contribution is -2.35. The molecule has 0 saturated heterocycles. The number of nitrogens with zero attached hydrogens (tertiary/aromatic N) is 2. The Bertz CT molecular complexity index is 793. The van der Waals surface area contributed by atoms with Gasteiger partial charge in [0.25, 0.3) is 5.65 Å². The first-order valence-electron chi connectivity index (χ1n) is 5.08. The van der Waals surface area contributed by atoms with Crippen molar-refractivity contribution in [2.45, 2.75) is 0 Å². The van der Waals surface area contributed by atoms with Crippen LogP contribution in [0.25, 0.3) is 16.7 Å². The van der Waals surface area contributed by atoms with Gasteiger partial charge in [0.1, 0.15) is 5.69 Å². The minimum absolute atomic E-state index is 0.199. The summed E-state index contributed by atoms with van der Waals surface area (Å²) in [5.41, 5.74) is 1.17.